The minimum Gasteiger partial charge on any atom is -0.496 e. The maximum Gasteiger partial charge on any atom is 0.259 e. The SMILES string of the molecule is COc1ccccc1C(=O)N(C(C)C)C(C)O. The van der Waals surface area contributed by atoms with E-state index in [1.165, 1.54) is 12.0 Å². The first-order valence-electron chi connectivity index (χ1n) is 5.62. The number of rotatable bonds is 4. The van der Waals surface area contributed by atoms with Crippen LogP contribution in [-0.4, -0.2) is 35.3 Å². The largest absolute Gasteiger partial charge is 0.496 e. The lowest BCUT2D eigenvalue weighted by atomic mass is 10.1. The molecule has 0 saturated heterocycles. The summed E-state index contributed by atoms with van der Waals surface area (Å²) in [5.41, 5.74) is 0.463. The monoisotopic (exact) mass is 237 g/mol. The van der Waals surface area contributed by atoms with Crippen LogP contribution in [0.1, 0.15) is 31.1 Å². The van der Waals surface area contributed by atoms with Crippen LogP contribution in [0.3, 0.4) is 0 Å². The van der Waals surface area contributed by atoms with E-state index in [-0.39, 0.29) is 11.9 Å². The minimum atomic E-state index is -0.826. The molecule has 0 saturated carbocycles. The maximum atomic E-state index is 12.3. The van der Waals surface area contributed by atoms with Crippen LogP contribution in [0.4, 0.5) is 0 Å². The summed E-state index contributed by atoms with van der Waals surface area (Å²) in [7, 11) is 1.52. The highest BCUT2D eigenvalue weighted by Gasteiger charge is 2.24. The molecule has 0 fully saturated rings. The zero-order valence-electron chi connectivity index (χ0n) is 10.7. The molecule has 0 aliphatic rings. The molecule has 0 radical (unpaired) electrons. The van der Waals surface area contributed by atoms with Crippen LogP contribution in [0.25, 0.3) is 0 Å². The molecule has 1 atom stereocenters. The Hall–Kier alpha value is -1.55. The van der Waals surface area contributed by atoms with Gasteiger partial charge in [-0.05, 0) is 32.9 Å². The van der Waals surface area contributed by atoms with Gasteiger partial charge in [-0.3, -0.25) is 4.79 Å². The molecule has 0 bridgehead atoms. The summed E-state index contributed by atoms with van der Waals surface area (Å²) in [6.07, 6.45) is -0.826. The van der Waals surface area contributed by atoms with Crippen LogP contribution in [0.2, 0.25) is 0 Å². The molecule has 1 unspecified atom stereocenters. The normalized spacial score (nSPS) is 12.4. The number of ether oxygens (including phenoxy) is 1. The summed E-state index contributed by atoms with van der Waals surface area (Å²) < 4.78 is 5.15. The number of benzene rings is 1. The highest BCUT2D eigenvalue weighted by molar-refractivity contribution is 5.97. The van der Waals surface area contributed by atoms with Crippen molar-refractivity contribution in [3.05, 3.63) is 29.8 Å². The summed E-state index contributed by atoms with van der Waals surface area (Å²) in [5.74, 6) is 0.288. The van der Waals surface area contributed by atoms with Crippen LogP contribution >= 0.6 is 0 Å². The quantitative estimate of drug-likeness (QED) is 0.813. The molecule has 4 nitrogen and oxygen atoms in total. The third-order valence-corrected chi connectivity index (χ3v) is 2.53. The number of aliphatic hydroxyl groups excluding tert-OH is 1. The Bertz CT molecular complexity index is 380. The first kappa shape index (κ1) is 13.5. The summed E-state index contributed by atoms with van der Waals surface area (Å²) in [5, 5.41) is 9.64. The molecule has 94 valence electrons. The molecule has 1 rings (SSSR count). The Morgan fingerprint density at radius 1 is 1.29 bits per heavy atom. The first-order valence-corrected chi connectivity index (χ1v) is 5.62. The number of aliphatic hydroxyl groups is 1. The van der Waals surface area contributed by atoms with Crippen molar-refractivity contribution in [2.75, 3.05) is 7.11 Å². The average molecular weight is 237 g/mol. The fourth-order valence-corrected chi connectivity index (χ4v) is 1.80. The van der Waals surface area contributed by atoms with Gasteiger partial charge in [-0.1, -0.05) is 12.1 Å². The van der Waals surface area contributed by atoms with Gasteiger partial charge in [0.05, 0.1) is 12.7 Å². The molecule has 1 N–H and O–H groups in total. The topological polar surface area (TPSA) is 49.8 Å². The van der Waals surface area contributed by atoms with E-state index in [1.807, 2.05) is 13.8 Å². The van der Waals surface area contributed by atoms with Gasteiger partial charge in [0.25, 0.3) is 5.91 Å². The number of para-hydroxylation sites is 1. The van der Waals surface area contributed by atoms with Crippen molar-refractivity contribution in [3.63, 3.8) is 0 Å². The Balaban J connectivity index is 3.09. The molecule has 1 amide bonds. The molecular weight excluding hydrogens is 218 g/mol. The van der Waals surface area contributed by atoms with Crippen molar-refractivity contribution in [2.24, 2.45) is 0 Å². The summed E-state index contributed by atoms with van der Waals surface area (Å²) in [6, 6.07) is 6.92. The number of amides is 1. The van der Waals surface area contributed by atoms with Gasteiger partial charge < -0.3 is 14.7 Å². The third-order valence-electron chi connectivity index (χ3n) is 2.53. The molecule has 4 heteroatoms. The second-order valence-corrected chi connectivity index (χ2v) is 4.14. The zero-order chi connectivity index (χ0) is 13.0. The first-order chi connectivity index (χ1) is 7.99. The van der Waals surface area contributed by atoms with Crippen molar-refractivity contribution in [1.82, 2.24) is 4.90 Å². The minimum absolute atomic E-state index is 0.0765. The predicted octanol–water partition coefficient (Wildman–Crippen LogP) is 1.88. The molecule has 0 heterocycles. The van der Waals surface area contributed by atoms with E-state index in [2.05, 4.69) is 0 Å². The summed E-state index contributed by atoms with van der Waals surface area (Å²) in [6.45, 7) is 5.30. The molecule has 0 spiro atoms. The van der Waals surface area contributed by atoms with Gasteiger partial charge >= 0.3 is 0 Å². The Labute approximate surface area is 102 Å². The van der Waals surface area contributed by atoms with E-state index < -0.39 is 6.23 Å². The summed E-state index contributed by atoms with van der Waals surface area (Å²) >= 11 is 0. The third kappa shape index (κ3) is 2.97. The number of carbonyl (C=O) groups excluding carboxylic acids is 1. The fraction of sp³-hybridized carbons (Fsp3) is 0.462. The lowest BCUT2D eigenvalue weighted by Crippen LogP contribution is -2.43. The Kier molecular flexibility index (Phi) is 4.52. The number of hydrogen-bond donors (Lipinski definition) is 1. The standard InChI is InChI=1S/C13H19NO3/c1-9(2)14(10(3)15)13(16)11-7-5-6-8-12(11)17-4/h5-10,15H,1-4H3. The molecule has 17 heavy (non-hydrogen) atoms. The van der Waals surface area contributed by atoms with E-state index in [0.717, 1.165) is 0 Å². The molecule has 0 aliphatic heterocycles. The number of carbonyl (C=O) groups is 1. The van der Waals surface area contributed by atoms with Gasteiger partial charge in [-0.15, -0.1) is 0 Å². The fourth-order valence-electron chi connectivity index (χ4n) is 1.80. The van der Waals surface area contributed by atoms with E-state index in [0.29, 0.717) is 11.3 Å². The molecule has 1 aromatic rings. The maximum absolute atomic E-state index is 12.3. The molecule has 0 aromatic heterocycles. The lowest BCUT2D eigenvalue weighted by molar-refractivity contribution is 0.00397. The smallest absolute Gasteiger partial charge is 0.259 e. The average Bonchev–Trinajstić information content (AvgIpc) is 2.27. The van der Waals surface area contributed by atoms with Crippen molar-refractivity contribution in [2.45, 2.75) is 33.0 Å². The number of nitrogens with zero attached hydrogens (tertiary/aromatic N) is 1. The van der Waals surface area contributed by atoms with E-state index in [4.69, 9.17) is 4.74 Å². The van der Waals surface area contributed by atoms with Gasteiger partial charge in [0.15, 0.2) is 0 Å². The number of methoxy groups -OCH3 is 1. The van der Waals surface area contributed by atoms with Crippen molar-refractivity contribution in [3.8, 4) is 5.75 Å². The van der Waals surface area contributed by atoms with Crippen LogP contribution < -0.4 is 4.74 Å². The second kappa shape index (κ2) is 5.68. The molecule has 0 aliphatic carbocycles. The van der Waals surface area contributed by atoms with Crippen LogP contribution in [0.5, 0.6) is 5.75 Å². The second-order valence-electron chi connectivity index (χ2n) is 4.14. The van der Waals surface area contributed by atoms with E-state index in [1.54, 1.807) is 31.2 Å². The van der Waals surface area contributed by atoms with Gasteiger partial charge in [-0.2, -0.15) is 0 Å². The zero-order valence-corrected chi connectivity index (χ0v) is 10.7. The number of hydrogen-bond acceptors (Lipinski definition) is 3. The predicted molar refractivity (Wildman–Crippen MR) is 66.0 cm³/mol. The Morgan fingerprint density at radius 2 is 1.88 bits per heavy atom. The molecule has 1 aromatic carbocycles. The van der Waals surface area contributed by atoms with Gasteiger partial charge in [0, 0.05) is 6.04 Å². The highest BCUT2D eigenvalue weighted by Crippen LogP contribution is 2.21. The summed E-state index contributed by atoms with van der Waals surface area (Å²) in [4.78, 5) is 13.7. The van der Waals surface area contributed by atoms with Crippen molar-refractivity contribution in [1.29, 1.82) is 0 Å². The van der Waals surface area contributed by atoms with Crippen molar-refractivity contribution >= 4 is 5.91 Å². The lowest BCUT2D eigenvalue weighted by Gasteiger charge is -2.30. The van der Waals surface area contributed by atoms with Gasteiger partial charge in [-0.25, -0.2) is 0 Å². The van der Waals surface area contributed by atoms with Gasteiger partial charge in [0.2, 0.25) is 0 Å². The van der Waals surface area contributed by atoms with Gasteiger partial charge in [0.1, 0.15) is 12.0 Å². The van der Waals surface area contributed by atoms with E-state index in [9.17, 15) is 9.90 Å². The Morgan fingerprint density at radius 3 is 2.35 bits per heavy atom. The van der Waals surface area contributed by atoms with E-state index >= 15 is 0 Å². The molecular formula is C13H19NO3. The highest BCUT2D eigenvalue weighted by atomic mass is 16.5. The van der Waals surface area contributed by atoms with Crippen LogP contribution in [0, 0.1) is 0 Å². The van der Waals surface area contributed by atoms with Crippen LogP contribution in [-0.2, 0) is 0 Å². The van der Waals surface area contributed by atoms with Crippen LogP contribution in [0.15, 0.2) is 24.3 Å². The van der Waals surface area contributed by atoms with Crippen molar-refractivity contribution < 1.29 is 14.6 Å².